The molecular weight excluding hydrogens is 240 g/mol. The second-order valence-electron chi connectivity index (χ2n) is 3.77. The van der Waals surface area contributed by atoms with Crippen LogP contribution in [0.3, 0.4) is 0 Å². The molecule has 2 N–H and O–H groups in total. The molecule has 0 spiro atoms. The SMILES string of the molecule is Cc1nc([N+](=O)[O-])cn1CCC(=O)NCCCO. The Morgan fingerprint density at radius 3 is 2.94 bits per heavy atom. The predicted molar refractivity (Wildman–Crippen MR) is 62.9 cm³/mol. The Balaban J connectivity index is 2.43. The van der Waals surface area contributed by atoms with Crippen molar-refractivity contribution in [1.82, 2.24) is 14.9 Å². The third-order valence-electron chi connectivity index (χ3n) is 2.39. The van der Waals surface area contributed by atoms with Crippen molar-refractivity contribution in [2.45, 2.75) is 26.3 Å². The highest BCUT2D eigenvalue weighted by atomic mass is 16.6. The average Bonchev–Trinajstić information content (AvgIpc) is 2.69. The van der Waals surface area contributed by atoms with E-state index in [2.05, 4.69) is 10.3 Å². The Kier molecular flexibility index (Phi) is 5.25. The van der Waals surface area contributed by atoms with Gasteiger partial charge in [-0.1, -0.05) is 0 Å². The molecule has 0 saturated carbocycles. The van der Waals surface area contributed by atoms with Crippen molar-refractivity contribution in [2.75, 3.05) is 13.2 Å². The van der Waals surface area contributed by atoms with Crippen LogP contribution in [0.4, 0.5) is 5.82 Å². The van der Waals surface area contributed by atoms with Gasteiger partial charge >= 0.3 is 5.82 Å². The van der Waals surface area contributed by atoms with Crippen LogP contribution in [0.15, 0.2) is 6.20 Å². The van der Waals surface area contributed by atoms with Crippen molar-refractivity contribution in [1.29, 1.82) is 0 Å². The van der Waals surface area contributed by atoms with Crippen molar-refractivity contribution in [3.8, 4) is 0 Å². The quantitative estimate of drug-likeness (QED) is 0.405. The van der Waals surface area contributed by atoms with Gasteiger partial charge in [-0.05, 0) is 16.3 Å². The second kappa shape index (κ2) is 6.70. The number of nitro groups is 1. The number of nitrogens with zero attached hydrogens (tertiary/aromatic N) is 3. The largest absolute Gasteiger partial charge is 0.396 e. The molecule has 1 heterocycles. The molecule has 0 unspecified atom stereocenters. The van der Waals surface area contributed by atoms with E-state index in [1.807, 2.05) is 0 Å². The molecule has 0 aliphatic carbocycles. The molecule has 0 bridgehead atoms. The summed E-state index contributed by atoms with van der Waals surface area (Å²) >= 11 is 0. The number of hydrogen-bond acceptors (Lipinski definition) is 5. The Labute approximate surface area is 104 Å². The first-order valence-electron chi connectivity index (χ1n) is 5.60. The number of carbonyl (C=O) groups is 1. The third kappa shape index (κ3) is 4.13. The summed E-state index contributed by atoms with van der Waals surface area (Å²) < 4.78 is 1.57. The number of amides is 1. The molecular formula is C10H16N4O4. The van der Waals surface area contributed by atoms with Crippen LogP contribution in [0.25, 0.3) is 0 Å². The van der Waals surface area contributed by atoms with Crippen molar-refractivity contribution in [2.24, 2.45) is 0 Å². The summed E-state index contributed by atoms with van der Waals surface area (Å²) in [5.74, 6) is 0.136. The van der Waals surface area contributed by atoms with Gasteiger partial charge in [0, 0.05) is 33.0 Å². The molecule has 100 valence electrons. The molecule has 0 radical (unpaired) electrons. The van der Waals surface area contributed by atoms with Crippen LogP contribution < -0.4 is 5.32 Å². The van der Waals surface area contributed by atoms with Gasteiger partial charge < -0.3 is 25.1 Å². The summed E-state index contributed by atoms with van der Waals surface area (Å²) in [5.41, 5.74) is 0. The fourth-order valence-electron chi connectivity index (χ4n) is 1.42. The van der Waals surface area contributed by atoms with E-state index >= 15 is 0 Å². The Bertz CT molecular complexity index is 430. The zero-order valence-electron chi connectivity index (χ0n) is 10.1. The van der Waals surface area contributed by atoms with Crippen LogP contribution in [0.2, 0.25) is 0 Å². The predicted octanol–water partition coefficient (Wildman–Crippen LogP) is -0.0116. The maximum Gasteiger partial charge on any atom is 0.381 e. The minimum atomic E-state index is -0.565. The fourth-order valence-corrected chi connectivity index (χ4v) is 1.42. The van der Waals surface area contributed by atoms with E-state index in [0.29, 0.717) is 25.3 Å². The van der Waals surface area contributed by atoms with Crippen molar-refractivity contribution in [3.63, 3.8) is 0 Å². The normalized spacial score (nSPS) is 10.3. The van der Waals surface area contributed by atoms with Gasteiger partial charge in [0.1, 0.15) is 6.20 Å². The highest BCUT2D eigenvalue weighted by molar-refractivity contribution is 5.75. The van der Waals surface area contributed by atoms with Gasteiger partial charge in [0.15, 0.2) is 0 Å². The number of aliphatic hydroxyl groups excluding tert-OH is 1. The number of hydrogen-bond donors (Lipinski definition) is 2. The van der Waals surface area contributed by atoms with Gasteiger partial charge in [-0.2, -0.15) is 0 Å². The lowest BCUT2D eigenvalue weighted by Gasteiger charge is -2.04. The molecule has 0 aromatic carbocycles. The first kappa shape index (κ1) is 14.1. The van der Waals surface area contributed by atoms with Crippen LogP contribution in [0, 0.1) is 17.0 Å². The molecule has 8 nitrogen and oxygen atoms in total. The van der Waals surface area contributed by atoms with Crippen LogP contribution in [-0.2, 0) is 11.3 Å². The van der Waals surface area contributed by atoms with Crippen LogP contribution in [0.5, 0.6) is 0 Å². The van der Waals surface area contributed by atoms with E-state index in [1.165, 1.54) is 6.20 Å². The molecule has 0 aliphatic rings. The highest BCUT2D eigenvalue weighted by Gasteiger charge is 2.15. The van der Waals surface area contributed by atoms with E-state index in [1.54, 1.807) is 11.5 Å². The van der Waals surface area contributed by atoms with Gasteiger partial charge in [-0.15, -0.1) is 0 Å². The standard InChI is InChI=1S/C10H16N4O4/c1-8-12-9(14(17)18)7-13(8)5-3-10(16)11-4-2-6-15/h7,15H,2-6H2,1H3,(H,11,16). The fraction of sp³-hybridized carbons (Fsp3) is 0.600. The maximum atomic E-state index is 11.4. The second-order valence-corrected chi connectivity index (χ2v) is 3.77. The zero-order valence-corrected chi connectivity index (χ0v) is 10.1. The lowest BCUT2D eigenvalue weighted by Crippen LogP contribution is -2.26. The molecule has 1 aromatic rings. The highest BCUT2D eigenvalue weighted by Crippen LogP contribution is 2.10. The van der Waals surface area contributed by atoms with Gasteiger partial charge in [0.05, 0.1) is 0 Å². The first-order valence-corrected chi connectivity index (χ1v) is 5.60. The summed E-state index contributed by atoms with van der Waals surface area (Å²) in [4.78, 5) is 25.1. The van der Waals surface area contributed by atoms with Crippen molar-refractivity contribution in [3.05, 3.63) is 22.1 Å². The summed E-state index contributed by atoms with van der Waals surface area (Å²) in [6.45, 7) is 2.46. The molecule has 0 fully saturated rings. The summed E-state index contributed by atoms with van der Waals surface area (Å²) in [6, 6.07) is 0. The van der Waals surface area contributed by atoms with Crippen LogP contribution in [-0.4, -0.2) is 38.6 Å². The van der Waals surface area contributed by atoms with E-state index in [9.17, 15) is 14.9 Å². The minimum Gasteiger partial charge on any atom is -0.396 e. The summed E-state index contributed by atoms with van der Waals surface area (Å²) in [7, 11) is 0. The van der Waals surface area contributed by atoms with Gasteiger partial charge in [-0.3, -0.25) is 4.79 Å². The molecule has 0 saturated heterocycles. The van der Waals surface area contributed by atoms with E-state index in [-0.39, 0.29) is 24.8 Å². The van der Waals surface area contributed by atoms with Gasteiger partial charge in [0.2, 0.25) is 11.7 Å². The zero-order chi connectivity index (χ0) is 13.5. The van der Waals surface area contributed by atoms with Crippen molar-refractivity contribution < 1.29 is 14.8 Å². The number of rotatable bonds is 7. The number of carbonyl (C=O) groups excluding carboxylic acids is 1. The van der Waals surface area contributed by atoms with Gasteiger partial charge in [0.25, 0.3) is 0 Å². The Hall–Kier alpha value is -1.96. The number of imidazole rings is 1. The maximum absolute atomic E-state index is 11.4. The van der Waals surface area contributed by atoms with Gasteiger partial charge in [-0.25, -0.2) is 0 Å². The van der Waals surface area contributed by atoms with Crippen molar-refractivity contribution >= 4 is 11.7 Å². The first-order chi connectivity index (χ1) is 8.54. The topological polar surface area (TPSA) is 110 Å². The molecule has 1 amide bonds. The van der Waals surface area contributed by atoms with E-state index in [0.717, 1.165) is 0 Å². The summed E-state index contributed by atoms with van der Waals surface area (Å²) in [5, 5.41) is 21.7. The monoisotopic (exact) mass is 256 g/mol. The third-order valence-corrected chi connectivity index (χ3v) is 2.39. The number of aromatic nitrogens is 2. The molecule has 18 heavy (non-hydrogen) atoms. The molecule has 1 aromatic heterocycles. The van der Waals surface area contributed by atoms with E-state index < -0.39 is 4.92 Å². The van der Waals surface area contributed by atoms with Crippen LogP contribution >= 0.6 is 0 Å². The molecule has 8 heteroatoms. The Morgan fingerprint density at radius 1 is 1.67 bits per heavy atom. The lowest BCUT2D eigenvalue weighted by atomic mass is 10.3. The Morgan fingerprint density at radius 2 is 2.39 bits per heavy atom. The number of nitrogens with one attached hydrogen (secondary N) is 1. The average molecular weight is 256 g/mol. The number of aryl methyl sites for hydroxylation is 2. The smallest absolute Gasteiger partial charge is 0.381 e. The summed E-state index contributed by atoms with van der Waals surface area (Å²) in [6.07, 6.45) is 2.05. The minimum absolute atomic E-state index is 0.0348. The molecule has 0 aliphatic heterocycles. The van der Waals surface area contributed by atoms with Crippen LogP contribution in [0.1, 0.15) is 18.7 Å². The number of aliphatic hydroxyl groups is 1. The molecule has 1 rings (SSSR count). The molecule has 0 atom stereocenters. The lowest BCUT2D eigenvalue weighted by molar-refractivity contribution is -0.389. The van der Waals surface area contributed by atoms with E-state index in [4.69, 9.17) is 5.11 Å².